The predicted octanol–water partition coefficient (Wildman–Crippen LogP) is 2.56. The molecule has 0 aliphatic rings. The summed E-state index contributed by atoms with van der Waals surface area (Å²) >= 11 is 1.58. The van der Waals surface area contributed by atoms with Crippen LogP contribution in [0.15, 0.2) is 0 Å². The van der Waals surface area contributed by atoms with Crippen LogP contribution in [-0.2, 0) is 19.1 Å². The van der Waals surface area contributed by atoms with Gasteiger partial charge in [0.15, 0.2) is 0 Å². The van der Waals surface area contributed by atoms with Gasteiger partial charge in [-0.05, 0) is 36.7 Å². The van der Waals surface area contributed by atoms with E-state index in [1.54, 1.807) is 11.8 Å². The Balaban J connectivity index is 4.78. The van der Waals surface area contributed by atoms with Gasteiger partial charge in [-0.25, -0.2) is 4.79 Å². The fraction of sp³-hybridized carbons (Fsp3) is 0.824. The Morgan fingerprint density at radius 2 is 1.75 bits per heavy atom. The second-order valence-electron chi connectivity index (χ2n) is 6.79. The normalized spacial score (nSPS) is 13.6. The molecule has 2 unspecified atom stereocenters. The van der Waals surface area contributed by atoms with Crippen molar-refractivity contribution < 1.29 is 24.2 Å². The molecule has 0 saturated heterocycles. The summed E-state index contributed by atoms with van der Waals surface area (Å²) in [6.07, 6.45) is 2.77. The molecule has 0 saturated carbocycles. The predicted molar refractivity (Wildman–Crippen MR) is 95.9 cm³/mol. The fourth-order valence-corrected chi connectivity index (χ4v) is 2.61. The third kappa shape index (κ3) is 10.5. The number of carbonyl (C=O) groups is 3. The molecule has 0 aromatic rings. The Kier molecular flexibility index (Phi) is 11.5. The molecule has 0 spiro atoms. The molecule has 2 N–H and O–H groups in total. The first-order chi connectivity index (χ1) is 11.2. The lowest BCUT2D eigenvalue weighted by Crippen LogP contribution is -2.45. The number of carboxylic acids is 1. The van der Waals surface area contributed by atoms with Crippen LogP contribution >= 0.6 is 11.8 Å². The van der Waals surface area contributed by atoms with E-state index in [9.17, 15) is 19.5 Å². The highest BCUT2D eigenvalue weighted by Crippen LogP contribution is 2.15. The van der Waals surface area contributed by atoms with E-state index in [0.717, 1.165) is 5.75 Å². The molecule has 0 rings (SSSR count). The van der Waals surface area contributed by atoms with Crippen LogP contribution in [0.1, 0.15) is 47.0 Å². The first-order valence-corrected chi connectivity index (χ1v) is 9.74. The van der Waals surface area contributed by atoms with Crippen LogP contribution < -0.4 is 5.32 Å². The number of carboxylic acid groups (broad SMARTS) is 1. The maximum atomic E-state index is 12.4. The van der Waals surface area contributed by atoms with E-state index in [1.807, 2.05) is 34.0 Å². The first kappa shape index (κ1) is 22.8. The minimum absolute atomic E-state index is 0.0207. The van der Waals surface area contributed by atoms with Gasteiger partial charge in [0, 0.05) is 5.92 Å². The summed E-state index contributed by atoms with van der Waals surface area (Å²) < 4.78 is 5.14. The molecule has 0 bridgehead atoms. The maximum Gasteiger partial charge on any atom is 0.326 e. The number of aliphatic carboxylic acids is 1. The van der Waals surface area contributed by atoms with Crippen molar-refractivity contribution in [2.75, 3.05) is 18.6 Å². The van der Waals surface area contributed by atoms with Crippen molar-refractivity contribution in [2.24, 2.45) is 17.8 Å². The fourth-order valence-electron chi connectivity index (χ4n) is 2.09. The smallest absolute Gasteiger partial charge is 0.326 e. The van der Waals surface area contributed by atoms with Crippen LogP contribution in [0.5, 0.6) is 0 Å². The van der Waals surface area contributed by atoms with Crippen molar-refractivity contribution >= 4 is 29.6 Å². The number of esters is 1. The van der Waals surface area contributed by atoms with Gasteiger partial charge in [0.1, 0.15) is 6.04 Å². The molecule has 24 heavy (non-hydrogen) atoms. The van der Waals surface area contributed by atoms with E-state index >= 15 is 0 Å². The Hall–Kier alpha value is -1.24. The molecule has 2 atom stereocenters. The molecule has 7 heteroatoms. The monoisotopic (exact) mass is 361 g/mol. The number of ether oxygens (including phenoxy) is 1. The molecule has 140 valence electrons. The minimum atomic E-state index is -1.05. The topological polar surface area (TPSA) is 92.7 Å². The summed E-state index contributed by atoms with van der Waals surface area (Å²) in [7, 11) is 0. The summed E-state index contributed by atoms with van der Waals surface area (Å²) in [4.78, 5) is 35.6. The number of hydrogen-bond donors (Lipinski definition) is 2. The summed E-state index contributed by atoms with van der Waals surface area (Å²) in [6, 6.07) is -0.930. The largest absolute Gasteiger partial charge is 0.480 e. The van der Waals surface area contributed by atoms with Crippen molar-refractivity contribution in [1.29, 1.82) is 0 Å². The van der Waals surface area contributed by atoms with Gasteiger partial charge < -0.3 is 15.2 Å². The average Bonchev–Trinajstić information content (AvgIpc) is 2.47. The zero-order valence-corrected chi connectivity index (χ0v) is 16.1. The van der Waals surface area contributed by atoms with Gasteiger partial charge in [-0.1, -0.05) is 27.7 Å². The second kappa shape index (κ2) is 12.2. The van der Waals surface area contributed by atoms with Gasteiger partial charge in [-0.15, -0.1) is 0 Å². The first-order valence-electron chi connectivity index (χ1n) is 8.35. The van der Waals surface area contributed by atoms with Crippen LogP contribution in [0, 0.1) is 17.8 Å². The lowest BCUT2D eigenvalue weighted by molar-refractivity contribution is -0.148. The molecular formula is C17H31NO5S. The average molecular weight is 362 g/mol. The van der Waals surface area contributed by atoms with Crippen LogP contribution in [-0.4, -0.2) is 47.6 Å². The van der Waals surface area contributed by atoms with Gasteiger partial charge in [0.25, 0.3) is 0 Å². The number of thioether (sulfide) groups is 1. The van der Waals surface area contributed by atoms with Gasteiger partial charge in [-0.2, -0.15) is 11.8 Å². The van der Waals surface area contributed by atoms with Crippen molar-refractivity contribution in [3.8, 4) is 0 Å². The van der Waals surface area contributed by atoms with Gasteiger partial charge in [-0.3, -0.25) is 9.59 Å². The maximum absolute atomic E-state index is 12.4. The highest BCUT2D eigenvalue weighted by Gasteiger charge is 2.27. The van der Waals surface area contributed by atoms with Crippen LogP contribution in [0.25, 0.3) is 0 Å². The van der Waals surface area contributed by atoms with E-state index < -0.39 is 29.8 Å². The SMILES string of the molecule is CSCCC(CC(=O)OCC(C)C)C(=O)NC(CC(C)C)C(=O)O. The summed E-state index contributed by atoms with van der Waals surface area (Å²) in [5.41, 5.74) is 0. The molecule has 0 fully saturated rings. The Labute approximate surface area is 149 Å². The molecule has 1 amide bonds. The third-order valence-corrected chi connectivity index (χ3v) is 4.00. The minimum Gasteiger partial charge on any atom is -0.480 e. The van der Waals surface area contributed by atoms with Crippen molar-refractivity contribution in [3.05, 3.63) is 0 Å². The second-order valence-corrected chi connectivity index (χ2v) is 7.77. The van der Waals surface area contributed by atoms with Gasteiger partial charge in [0.2, 0.25) is 5.91 Å². The van der Waals surface area contributed by atoms with Crippen LogP contribution in [0.2, 0.25) is 0 Å². The van der Waals surface area contributed by atoms with Crippen LogP contribution in [0.4, 0.5) is 0 Å². The molecular weight excluding hydrogens is 330 g/mol. The van der Waals surface area contributed by atoms with E-state index in [4.69, 9.17) is 4.74 Å². The Morgan fingerprint density at radius 1 is 1.12 bits per heavy atom. The summed E-state index contributed by atoms with van der Waals surface area (Å²) in [5, 5.41) is 11.8. The zero-order chi connectivity index (χ0) is 18.7. The molecule has 0 heterocycles. The zero-order valence-electron chi connectivity index (χ0n) is 15.3. The number of rotatable bonds is 12. The molecule has 0 aliphatic carbocycles. The molecule has 0 radical (unpaired) electrons. The summed E-state index contributed by atoms with van der Waals surface area (Å²) in [5.74, 6) is -1.33. The number of amides is 1. The highest BCUT2D eigenvalue weighted by atomic mass is 32.2. The number of hydrogen-bond acceptors (Lipinski definition) is 5. The molecule has 0 aliphatic heterocycles. The van der Waals surface area contributed by atoms with Crippen molar-refractivity contribution in [2.45, 2.75) is 53.0 Å². The molecule has 0 aromatic carbocycles. The summed E-state index contributed by atoms with van der Waals surface area (Å²) in [6.45, 7) is 8.00. The van der Waals surface area contributed by atoms with E-state index in [1.165, 1.54) is 0 Å². The standard InChI is InChI=1S/C17H31NO5S/c1-11(2)8-14(17(21)22)18-16(20)13(6-7-24-5)9-15(19)23-10-12(3)4/h11-14H,6-10H2,1-5H3,(H,18,20)(H,21,22). The number of nitrogens with one attached hydrogen (secondary N) is 1. The van der Waals surface area contributed by atoms with E-state index in [0.29, 0.717) is 19.4 Å². The van der Waals surface area contributed by atoms with E-state index in [-0.39, 0.29) is 18.3 Å². The Bertz CT molecular complexity index is 412. The molecule has 6 nitrogen and oxygen atoms in total. The van der Waals surface area contributed by atoms with E-state index in [2.05, 4.69) is 5.32 Å². The van der Waals surface area contributed by atoms with Crippen LogP contribution in [0.3, 0.4) is 0 Å². The lowest BCUT2D eigenvalue weighted by atomic mass is 9.99. The third-order valence-electron chi connectivity index (χ3n) is 3.35. The van der Waals surface area contributed by atoms with Crippen molar-refractivity contribution in [3.63, 3.8) is 0 Å². The number of carbonyl (C=O) groups excluding carboxylic acids is 2. The quantitative estimate of drug-likeness (QED) is 0.519. The molecule has 0 aromatic heterocycles. The highest BCUT2D eigenvalue weighted by molar-refractivity contribution is 7.98. The Morgan fingerprint density at radius 3 is 2.21 bits per heavy atom. The lowest BCUT2D eigenvalue weighted by Gasteiger charge is -2.21. The van der Waals surface area contributed by atoms with Gasteiger partial charge >= 0.3 is 11.9 Å². The van der Waals surface area contributed by atoms with Gasteiger partial charge in [0.05, 0.1) is 13.0 Å². The van der Waals surface area contributed by atoms with Crippen molar-refractivity contribution in [1.82, 2.24) is 5.32 Å².